The van der Waals surface area contributed by atoms with Crippen molar-refractivity contribution in [3.63, 3.8) is 0 Å². The van der Waals surface area contributed by atoms with Crippen LogP contribution in [-0.2, 0) is 16.1 Å². The maximum absolute atomic E-state index is 12.8. The molecule has 3 rings (SSSR count). The van der Waals surface area contributed by atoms with Gasteiger partial charge < -0.3 is 10.6 Å². The van der Waals surface area contributed by atoms with Crippen LogP contribution in [-0.4, -0.2) is 66.4 Å². The maximum atomic E-state index is 12.8. The fourth-order valence-corrected chi connectivity index (χ4v) is 5.06. The number of carbonyl (C=O) groups is 2. The average molecular weight is 407 g/mol. The van der Waals surface area contributed by atoms with Crippen LogP contribution in [0.25, 0.3) is 0 Å². The zero-order chi connectivity index (χ0) is 20.3. The van der Waals surface area contributed by atoms with Gasteiger partial charge in [0.05, 0.1) is 6.54 Å². The summed E-state index contributed by atoms with van der Waals surface area (Å²) in [5.41, 5.74) is 0.167. The highest BCUT2D eigenvalue weighted by atomic mass is 32.1. The third-order valence-corrected chi connectivity index (χ3v) is 6.65. The smallest absolute Gasteiger partial charge is 0.239 e. The summed E-state index contributed by atoms with van der Waals surface area (Å²) in [6, 6.07) is 4.37. The largest absolute Gasteiger partial charge is 0.353 e. The van der Waals surface area contributed by atoms with Crippen LogP contribution >= 0.6 is 11.3 Å². The number of rotatable bonds is 6. The second kappa shape index (κ2) is 8.93. The summed E-state index contributed by atoms with van der Waals surface area (Å²) in [6.07, 6.45) is 2.25. The van der Waals surface area contributed by atoms with Gasteiger partial charge in [-0.15, -0.1) is 11.3 Å². The van der Waals surface area contributed by atoms with E-state index in [1.54, 1.807) is 11.3 Å². The average Bonchev–Trinajstić information content (AvgIpc) is 3.25. The Bertz CT molecular complexity index is 670. The van der Waals surface area contributed by atoms with Crippen molar-refractivity contribution < 1.29 is 9.59 Å². The predicted octanol–water partition coefficient (Wildman–Crippen LogP) is 2.06. The highest BCUT2D eigenvalue weighted by Gasteiger charge is 2.45. The Labute approximate surface area is 172 Å². The predicted molar refractivity (Wildman–Crippen MR) is 113 cm³/mol. The Kier molecular flexibility index (Phi) is 6.78. The minimum absolute atomic E-state index is 0.0784. The highest BCUT2D eigenvalue weighted by Crippen LogP contribution is 2.30. The minimum Gasteiger partial charge on any atom is -0.353 e. The van der Waals surface area contributed by atoms with Gasteiger partial charge in [0.25, 0.3) is 0 Å². The first-order chi connectivity index (χ1) is 13.2. The summed E-state index contributed by atoms with van der Waals surface area (Å²) in [5, 5.41) is 8.16. The summed E-state index contributed by atoms with van der Waals surface area (Å²) in [7, 11) is 2.12. The molecule has 156 valence electrons. The van der Waals surface area contributed by atoms with E-state index in [9.17, 15) is 9.59 Å². The van der Waals surface area contributed by atoms with Crippen molar-refractivity contribution in [1.82, 2.24) is 20.4 Å². The molecule has 3 heterocycles. The van der Waals surface area contributed by atoms with Gasteiger partial charge >= 0.3 is 0 Å². The van der Waals surface area contributed by atoms with Crippen LogP contribution < -0.4 is 10.6 Å². The molecule has 2 amide bonds. The number of likely N-dealkylation sites (tertiary alicyclic amines) is 1. The molecule has 28 heavy (non-hydrogen) atoms. The molecule has 0 saturated carbocycles. The SMILES string of the molecule is CN1[C@@H](CCC(=O)NCc2cccs2)CNC(=O)[C@@H]2[C@@H]1CCN2CC(C)(C)C. The van der Waals surface area contributed by atoms with Gasteiger partial charge in [0, 0.05) is 43.0 Å². The number of hydrogen-bond acceptors (Lipinski definition) is 5. The van der Waals surface area contributed by atoms with E-state index >= 15 is 0 Å². The second-order valence-corrected chi connectivity index (χ2v) is 10.3. The minimum atomic E-state index is -0.0816. The van der Waals surface area contributed by atoms with Gasteiger partial charge in [-0.1, -0.05) is 26.8 Å². The van der Waals surface area contributed by atoms with Crippen molar-refractivity contribution in [1.29, 1.82) is 0 Å². The number of carbonyl (C=O) groups excluding carboxylic acids is 2. The van der Waals surface area contributed by atoms with Crippen molar-refractivity contribution in [2.24, 2.45) is 5.41 Å². The Morgan fingerprint density at radius 2 is 2.18 bits per heavy atom. The Balaban J connectivity index is 1.54. The molecule has 0 radical (unpaired) electrons. The van der Waals surface area contributed by atoms with Crippen LogP contribution in [0.1, 0.15) is 44.9 Å². The molecule has 2 N–H and O–H groups in total. The topological polar surface area (TPSA) is 64.7 Å². The summed E-state index contributed by atoms with van der Waals surface area (Å²) in [6.45, 7) is 9.75. The summed E-state index contributed by atoms with van der Waals surface area (Å²) < 4.78 is 0. The summed E-state index contributed by atoms with van der Waals surface area (Å²) >= 11 is 1.65. The number of likely N-dealkylation sites (N-methyl/N-ethyl adjacent to an activating group) is 1. The first-order valence-electron chi connectivity index (χ1n) is 10.3. The third kappa shape index (κ3) is 5.33. The van der Waals surface area contributed by atoms with Gasteiger partial charge in [-0.2, -0.15) is 0 Å². The van der Waals surface area contributed by atoms with E-state index in [0.29, 0.717) is 19.5 Å². The van der Waals surface area contributed by atoms with Crippen LogP contribution in [0, 0.1) is 5.41 Å². The summed E-state index contributed by atoms with van der Waals surface area (Å²) in [5.74, 6) is 0.220. The second-order valence-electron chi connectivity index (χ2n) is 9.29. The Morgan fingerprint density at radius 3 is 2.86 bits per heavy atom. The Hall–Kier alpha value is -1.44. The molecule has 0 aromatic carbocycles. The first-order valence-corrected chi connectivity index (χ1v) is 11.2. The molecule has 6 nitrogen and oxygen atoms in total. The van der Waals surface area contributed by atoms with Crippen molar-refractivity contribution in [2.75, 3.05) is 26.7 Å². The molecule has 2 fully saturated rings. The van der Waals surface area contributed by atoms with Gasteiger partial charge in [0.15, 0.2) is 0 Å². The van der Waals surface area contributed by atoms with Crippen LogP contribution in [0.15, 0.2) is 17.5 Å². The lowest BCUT2D eigenvalue weighted by Crippen LogP contribution is -2.51. The number of fused-ring (bicyclic) bond motifs is 1. The number of nitrogens with zero attached hydrogens (tertiary/aromatic N) is 2. The van der Waals surface area contributed by atoms with E-state index in [1.807, 2.05) is 17.5 Å². The summed E-state index contributed by atoms with van der Waals surface area (Å²) in [4.78, 5) is 30.9. The molecule has 1 aromatic heterocycles. The van der Waals surface area contributed by atoms with Gasteiger partial charge in [-0.25, -0.2) is 0 Å². The Morgan fingerprint density at radius 1 is 1.39 bits per heavy atom. The monoisotopic (exact) mass is 406 g/mol. The van der Waals surface area contributed by atoms with Crippen LogP contribution in [0.2, 0.25) is 0 Å². The molecule has 2 saturated heterocycles. The van der Waals surface area contributed by atoms with E-state index in [1.165, 1.54) is 4.88 Å². The molecule has 2 aliphatic heterocycles. The molecule has 0 bridgehead atoms. The van der Waals surface area contributed by atoms with Gasteiger partial charge in [0.2, 0.25) is 11.8 Å². The van der Waals surface area contributed by atoms with Gasteiger partial charge in [-0.3, -0.25) is 19.4 Å². The first kappa shape index (κ1) is 21.3. The number of amides is 2. The molecule has 0 spiro atoms. The number of nitrogens with one attached hydrogen (secondary N) is 2. The molecular formula is C21H34N4O2S. The molecule has 2 aliphatic rings. The molecular weight excluding hydrogens is 372 g/mol. The van der Waals surface area contributed by atoms with Crippen molar-refractivity contribution >= 4 is 23.2 Å². The van der Waals surface area contributed by atoms with Crippen LogP contribution in [0.5, 0.6) is 0 Å². The molecule has 0 unspecified atom stereocenters. The van der Waals surface area contributed by atoms with E-state index < -0.39 is 0 Å². The third-order valence-electron chi connectivity index (χ3n) is 5.77. The van der Waals surface area contributed by atoms with Crippen molar-refractivity contribution in [3.05, 3.63) is 22.4 Å². The fraction of sp³-hybridized carbons (Fsp3) is 0.714. The quantitative estimate of drug-likeness (QED) is 0.759. The van der Waals surface area contributed by atoms with E-state index in [4.69, 9.17) is 0 Å². The van der Waals surface area contributed by atoms with E-state index in [0.717, 1.165) is 25.9 Å². The van der Waals surface area contributed by atoms with E-state index in [2.05, 4.69) is 48.3 Å². The zero-order valence-corrected chi connectivity index (χ0v) is 18.3. The zero-order valence-electron chi connectivity index (χ0n) is 17.5. The standard InChI is InChI=1S/C21H34N4O2S/c1-21(2,3)14-25-10-9-17-19(25)20(27)23-12-15(24(17)4)7-8-18(26)22-13-16-6-5-11-28-16/h5-6,11,15,17,19H,7-10,12-14H2,1-4H3,(H,22,26)(H,23,27)/t15-,17-,19-/m0/s1. The molecule has 3 atom stereocenters. The lowest BCUT2D eigenvalue weighted by atomic mass is 9.95. The van der Waals surface area contributed by atoms with Crippen molar-refractivity contribution in [3.8, 4) is 0 Å². The van der Waals surface area contributed by atoms with Crippen molar-refractivity contribution in [2.45, 2.75) is 64.7 Å². The fourth-order valence-electron chi connectivity index (χ4n) is 4.42. The normalized spacial score (nSPS) is 26.6. The van der Waals surface area contributed by atoms with Crippen LogP contribution in [0.4, 0.5) is 0 Å². The number of thiophene rings is 1. The van der Waals surface area contributed by atoms with Crippen LogP contribution in [0.3, 0.4) is 0 Å². The maximum Gasteiger partial charge on any atom is 0.239 e. The lowest BCUT2D eigenvalue weighted by molar-refractivity contribution is -0.126. The van der Waals surface area contributed by atoms with E-state index in [-0.39, 0.29) is 35.4 Å². The molecule has 1 aromatic rings. The van der Waals surface area contributed by atoms with Gasteiger partial charge in [-0.05, 0) is 36.8 Å². The lowest BCUT2D eigenvalue weighted by Gasteiger charge is -2.34. The molecule has 0 aliphatic carbocycles. The number of hydrogen-bond donors (Lipinski definition) is 2. The van der Waals surface area contributed by atoms with Gasteiger partial charge in [0.1, 0.15) is 6.04 Å². The molecule has 7 heteroatoms. The highest BCUT2D eigenvalue weighted by molar-refractivity contribution is 7.09.